The molecule has 0 saturated heterocycles. The van der Waals surface area contributed by atoms with Crippen LogP contribution in [0, 0.1) is 5.92 Å². The van der Waals surface area contributed by atoms with Crippen molar-refractivity contribution in [3.05, 3.63) is 0 Å². The van der Waals surface area contributed by atoms with Crippen LogP contribution in [0.5, 0.6) is 0 Å². The zero-order chi connectivity index (χ0) is 7.72. The van der Waals surface area contributed by atoms with Crippen LogP contribution in [-0.2, 0) is 0 Å². The summed E-state index contributed by atoms with van der Waals surface area (Å²) in [7, 11) is 0. The van der Waals surface area contributed by atoms with E-state index < -0.39 is 18.4 Å². The number of hydrogen-bond donors (Lipinski definition) is 4. The molecule has 0 amide bonds. The highest BCUT2D eigenvalue weighted by Gasteiger charge is 2.36. The molecular formula is C6H13NO3. The maximum absolute atomic E-state index is 9.14. The van der Waals surface area contributed by atoms with Gasteiger partial charge in [0.1, 0.15) is 6.23 Å². The molecule has 1 aliphatic rings. The van der Waals surface area contributed by atoms with Crippen LogP contribution in [0.2, 0.25) is 0 Å². The van der Waals surface area contributed by atoms with E-state index in [0.29, 0.717) is 12.8 Å². The normalized spacial score (nSPS) is 43.8. The summed E-state index contributed by atoms with van der Waals surface area (Å²) < 4.78 is 0. The number of nitrogens with two attached hydrogens (primary N) is 1. The maximum atomic E-state index is 9.14. The lowest BCUT2D eigenvalue weighted by Gasteiger charge is -2.18. The summed E-state index contributed by atoms with van der Waals surface area (Å²) >= 11 is 0. The number of aliphatic hydroxyl groups is 3. The summed E-state index contributed by atoms with van der Waals surface area (Å²) in [5.74, 6) is -0.352. The Morgan fingerprint density at radius 2 is 1.90 bits per heavy atom. The van der Waals surface area contributed by atoms with Crippen molar-refractivity contribution in [2.45, 2.75) is 31.3 Å². The summed E-state index contributed by atoms with van der Waals surface area (Å²) in [4.78, 5) is 0. The second-order valence-corrected chi connectivity index (χ2v) is 2.79. The molecule has 4 nitrogen and oxygen atoms in total. The van der Waals surface area contributed by atoms with Gasteiger partial charge >= 0.3 is 0 Å². The Balaban J connectivity index is 2.49. The molecule has 0 bridgehead atoms. The van der Waals surface area contributed by atoms with Crippen LogP contribution in [-0.4, -0.2) is 33.8 Å². The van der Waals surface area contributed by atoms with Gasteiger partial charge in [-0.3, -0.25) is 0 Å². The molecule has 1 saturated carbocycles. The summed E-state index contributed by atoms with van der Waals surface area (Å²) in [5, 5.41) is 27.0. The zero-order valence-electron chi connectivity index (χ0n) is 5.64. The predicted octanol–water partition coefficient (Wildman–Crippen LogP) is -1.60. The molecule has 60 valence electrons. The summed E-state index contributed by atoms with van der Waals surface area (Å²) in [6.45, 7) is 0. The fraction of sp³-hybridized carbons (Fsp3) is 1.00. The van der Waals surface area contributed by atoms with Gasteiger partial charge in [0.25, 0.3) is 0 Å². The molecule has 0 aromatic carbocycles. The molecule has 1 rings (SSSR count). The summed E-state index contributed by atoms with van der Waals surface area (Å²) in [6.07, 6.45) is -1.43. The highest BCUT2D eigenvalue weighted by atomic mass is 16.3. The lowest BCUT2D eigenvalue weighted by molar-refractivity contribution is -0.0181. The van der Waals surface area contributed by atoms with Gasteiger partial charge in [-0.15, -0.1) is 0 Å². The molecule has 0 radical (unpaired) electrons. The van der Waals surface area contributed by atoms with Gasteiger partial charge in [0.2, 0.25) is 0 Å². The molecule has 1 fully saturated rings. The third-order valence-electron chi connectivity index (χ3n) is 2.07. The lowest BCUT2D eigenvalue weighted by Crippen LogP contribution is -2.37. The molecule has 5 N–H and O–H groups in total. The average Bonchev–Trinajstić information content (AvgIpc) is 2.14. The van der Waals surface area contributed by atoms with E-state index >= 15 is 0 Å². The standard InChI is InChI=1S/C6H13NO3/c7-6(10)3-1-2-4(8)5(3)9/h3-6,8-10H,1-2,7H2/t3-,4+,5+,6?/m1/s1. The van der Waals surface area contributed by atoms with Gasteiger partial charge in [0, 0.05) is 5.92 Å². The van der Waals surface area contributed by atoms with Gasteiger partial charge in [-0.2, -0.15) is 0 Å². The van der Waals surface area contributed by atoms with Gasteiger partial charge in [-0.25, -0.2) is 0 Å². The number of hydrogen-bond acceptors (Lipinski definition) is 4. The largest absolute Gasteiger partial charge is 0.390 e. The first kappa shape index (κ1) is 7.94. The number of rotatable bonds is 1. The Morgan fingerprint density at radius 3 is 2.10 bits per heavy atom. The van der Waals surface area contributed by atoms with E-state index in [1.807, 2.05) is 0 Å². The van der Waals surface area contributed by atoms with Gasteiger partial charge in [0.05, 0.1) is 12.2 Å². The first-order valence-corrected chi connectivity index (χ1v) is 3.42. The van der Waals surface area contributed by atoms with Crippen molar-refractivity contribution < 1.29 is 15.3 Å². The van der Waals surface area contributed by atoms with E-state index in [-0.39, 0.29) is 5.92 Å². The van der Waals surface area contributed by atoms with Crippen molar-refractivity contribution in [2.24, 2.45) is 11.7 Å². The molecule has 0 spiro atoms. The quantitative estimate of drug-likeness (QED) is 0.336. The second kappa shape index (κ2) is 2.84. The van der Waals surface area contributed by atoms with Gasteiger partial charge in [-0.1, -0.05) is 0 Å². The molecule has 1 aliphatic carbocycles. The van der Waals surface area contributed by atoms with Crippen LogP contribution in [0.15, 0.2) is 0 Å². The predicted molar refractivity (Wildman–Crippen MR) is 34.9 cm³/mol. The first-order chi connectivity index (χ1) is 4.63. The average molecular weight is 147 g/mol. The van der Waals surface area contributed by atoms with Crippen molar-refractivity contribution in [3.63, 3.8) is 0 Å². The van der Waals surface area contributed by atoms with Crippen LogP contribution in [0.25, 0.3) is 0 Å². The van der Waals surface area contributed by atoms with Gasteiger partial charge in [-0.05, 0) is 12.8 Å². The second-order valence-electron chi connectivity index (χ2n) is 2.79. The molecule has 0 aliphatic heterocycles. The minimum Gasteiger partial charge on any atom is -0.390 e. The van der Waals surface area contributed by atoms with E-state index in [1.165, 1.54) is 0 Å². The smallest absolute Gasteiger partial charge is 0.107 e. The fourth-order valence-corrected chi connectivity index (χ4v) is 1.36. The van der Waals surface area contributed by atoms with Crippen molar-refractivity contribution in [1.82, 2.24) is 0 Å². The maximum Gasteiger partial charge on any atom is 0.107 e. The molecular weight excluding hydrogens is 134 g/mol. The molecule has 10 heavy (non-hydrogen) atoms. The fourth-order valence-electron chi connectivity index (χ4n) is 1.36. The van der Waals surface area contributed by atoms with E-state index in [2.05, 4.69) is 0 Å². The van der Waals surface area contributed by atoms with Crippen LogP contribution in [0.3, 0.4) is 0 Å². The summed E-state index contributed by atoms with van der Waals surface area (Å²) in [5.41, 5.74) is 5.13. The Morgan fingerprint density at radius 1 is 1.30 bits per heavy atom. The molecule has 4 heteroatoms. The Bertz CT molecular complexity index is 118. The Hall–Kier alpha value is -0.160. The number of aliphatic hydroxyl groups excluding tert-OH is 3. The Labute approximate surface area is 59.3 Å². The van der Waals surface area contributed by atoms with Crippen molar-refractivity contribution in [3.8, 4) is 0 Å². The van der Waals surface area contributed by atoms with E-state index in [9.17, 15) is 0 Å². The third-order valence-corrected chi connectivity index (χ3v) is 2.07. The van der Waals surface area contributed by atoms with Crippen LogP contribution in [0.1, 0.15) is 12.8 Å². The lowest BCUT2D eigenvalue weighted by atomic mass is 10.0. The van der Waals surface area contributed by atoms with Crippen LogP contribution >= 0.6 is 0 Å². The van der Waals surface area contributed by atoms with Crippen molar-refractivity contribution >= 4 is 0 Å². The van der Waals surface area contributed by atoms with Gasteiger partial charge < -0.3 is 21.1 Å². The molecule has 1 unspecified atom stereocenters. The van der Waals surface area contributed by atoms with Crippen molar-refractivity contribution in [2.75, 3.05) is 0 Å². The molecule has 4 atom stereocenters. The Kier molecular flexibility index (Phi) is 2.25. The topological polar surface area (TPSA) is 86.7 Å². The third kappa shape index (κ3) is 1.29. The molecule has 0 heterocycles. The highest BCUT2D eigenvalue weighted by molar-refractivity contribution is 4.86. The SMILES string of the molecule is NC(O)[C@@H]1CC[C@H](O)[C@H]1O. The minimum absolute atomic E-state index is 0.352. The van der Waals surface area contributed by atoms with Crippen molar-refractivity contribution in [1.29, 1.82) is 0 Å². The zero-order valence-corrected chi connectivity index (χ0v) is 5.64. The van der Waals surface area contributed by atoms with Crippen LogP contribution < -0.4 is 5.73 Å². The molecule has 0 aromatic rings. The first-order valence-electron chi connectivity index (χ1n) is 3.42. The van der Waals surface area contributed by atoms with Crippen LogP contribution in [0.4, 0.5) is 0 Å². The van der Waals surface area contributed by atoms with E-state index in [0.717, 1.165) is 0 Å². The molecule has 0 aromatic heterocycles. The summed E-state index contributed by atoms with van der Waals surface area (Å²) in [6, 6.07) is 0. The minimum atomic E-state index is -1.01. The van der Waals surface area contributed by atoms with E-state index in [4.69, 9.17) is 21.1 Å². The monoisotopic (exact) mass is 147 g/mol. The highest BCUT2D eigenvalue weighted by Crippen LogP contribution is 2.26. The van der Waals surface area contributed by atoms with E-state index in [1.54, 1.807) is 0 Å². The van der Waals surface area contributed by atoms with Gasteiger partial charge in [0.15, 0.2) is 0 Å².